The fraction of sp³-hybridized carbons (Fsp3) is 0. The van der Waals surface area contributed by atoms with Gasteiger partial charge >= 0.3 is 5.97 Å². The zero-order valence-corrected chi connectivity index (χ0v) is 12.1. The van der Waals surface area contributed by atoms with Crippen molar-refractivity contribution in [2.24, 2.45) is 0 Å². The summed E-state index contributed by atoms with van der Waals surface area (Å²) in [5.41, 5.74) is 0.725. The summed E-state index contributed by atoms with van der Waals surface area (Å²) in [5, 5.41) is 9.97. The monoisotopic (exact) mass is 335 g/mol. The summed E-state index contributed by atoms with van der Waals surface area (Å²) in [6, 6.07) is 4.35. The van der Waals surface area contributed by atoms with E-state index >= 15 is 0 Å². The molecule has 1 aromatic heterocycles. The SMILES string of the molecule is O=C(O)c1cnc(Cl)c(-c2c(Cl)cc(Cl)cc2Cl)c1. The third-order valence-corrected chi connectivity index (χ3v) is 3.48. The summed E-state index contributed by atoms with van der Waals surface area (Å²) in [6.07, 6.45) is 1.16. The summed E-state index contributed by atoms with van der Waals surface area (Å²) in [6.45, 7) is 0. The zero-order valence-electron chi connectivity index (χ0n) is 9.12. The van der Waals surface area contributed by atoms with E-state index in [1.54, 1.807) is 0 Å². The van der Waals surface area contributed by atoms with Crippen LogP contribution in [0.3, 0.4) is 0 Å². The van der Waals surface area contributed by atoms with Gasteiger partial charge in [-0.2, -0.15) is 0 Å². The van der Waals surface area contributed by atoms with Crippen molar-refractivity contribution in [1.82, 2.24) is 4.98 Å². The van der Waals surface area contributed by atoms with Gasteiger partial charge in [-0.1, -0.05) is 46.4 Å². The van der Waals surface area contributed by atoms with Gasteiger partial charge in [0.15, 0.2) is 0 Å². The van der Waals surface area contributed by atoms with Crippen LogP contribution in [0.5, 0.6) is 0 Å². The molecule has 0 saturated heterocycles. The van der Waals surface area contributed by atoms with Crippen LogP contribution in [0.2, 0.25) is 20.2 Å². The molecule has 0 aliphatic heterocycles. The molecule has 98 valence electrons. The van der Waals surface area contributed by atoms with E-state index in [0.717, 1.165) is 6.20 Å². The molecule has 0 radical (unpaired) electrons. The Morgan fingerprint density at radius 1 is 1.05 bits per heavy atom. The number of pyridine rings is 1. The minimum atomic E-state index is -1.12. The molecule has 0 spiro atoms. The Morgan fingerprint density at radius 3 is 2.16 bits per heavy atom. The third-order valence-electron chi connectivity index (χ3n) is 2.36. The fourth-order valence-corrected chi connectivity index (χ4v) is 2.76. The first-order valence-corrected chi connectivity index (χ1v) is 6.45. The van der Waals surface area contributed by atoms with E-state index in [2.05, 4.69) is 4.98 Å². The Kier molecular flexibility index (Phi) is 4.21. The first-order valence-electron chi connectivity index (χ1n) is 4.94. The lowest BCUT2D eigenvalue weighted by atomic mass is 10.1. The number of carbonyl (C=O) groups is 1. The highest BCUT2D eigenvalue weighted by molar-refractivity contribution is 6.43. The molecule has 0 saturated carbocycles. The van der Waals surface area contributed by atoms with Crippen molar-refractivity contribution in [3.63, 3.8) is 0 Å². The number of carboxylic acid groups (broad SMARTS) is 1. The third kappa shape index (κ3) is 2.95. The highest BCUT2D eigenvalue weighted by atomic mass is 35.5. The Bertz CT molecular complexity index is 650. The molecule has 0 bridgehead atoms. The lowest BCUT2D eigenvalue weighted by molar-refractivity contribution is 0.0696. The second-order valence-electron chi connectivity index (χ2n) is 3.61. The second kappa shape index (κ2) is 5.55. The maximum atomic E-state index is 10.9. The number of benzene rings is 1. The van der Waals surface area contributed by atoms with Crippen LogP contribution in [-0.2, 0) is 0 Å². The van der Waals surface area contributed by atoms with E-state index in [4.69, 9.17) is 51.5 Å². The van der Waals surface area contributed by atoms with Gasteiger partial charge in [0.1, 0.15) is 5.15 Å². The van der Waals surface area contributed by atoms with Crippen molar-refractivity contribution in [2.45, 2.75) is 0 Å². The lowest BCUT2D eigenvalue weighted by Gasteiger charge is -2.10. The van der Waals surface area contributed by atoms with Gasteiger partial charge in [-0.15, -0.1) is 0 Å². The van der Waals surface area contributed by atoms with Crippen molar-refractivity contribution in [3.05, 3.63) is 50.2 Å². The average Bonchev–Trinajstić information content (AvgIpc) is 2.29. The van der Waals surface area contributed by atoms with Gasteiger partial charge in [-0.25, -0.2) is 9.78 Å². The quantitative estimate of drug-likeness (QED) is 0.780. The van der Waals surface area contributed by atoms with Crippen LogP contribution in [0.1, 0.15) is 10.4 Å². The normalized spacial score (nSPS) is 10.5. The smallest absolute Gasteiger partial charge is 0.337 e. The Balaban J connectivity index is 2.71. The zero-order chi connectivity index (χ0) is 14.2. The summed E-state index contributed by atoms with van der Waals surface area (Å²) in [4.78, 5) is 14.8. The van der Waals surface area contributed by atoms with Crippen LogP contribution < -0.4 is 0 Å². The molecule has 19 heavy (non-hydrogen) atoms. The van der Waals surface area contributed by atoms with Crippen molar-refractivity contribution < 1.29 is 9.90 Å². The fourth-order valence-electron chi connectivity index (χ4n) is 1.54. The standard InChI is InChI=1S/C12H5Cl4NO2/c13-6-2-8(14)10(9(15)3-6)7-1-5(12(18)19)4-17-11(7)16/h1-4H,(H,18,19). The molecule has 3 nitrogen and oxygen atoms in total. The largest absolute Gasteiger partial charge is 0.478 e. The van der Waals surface area contributed by atoms with Gasteiger partial charge in [0, 0.05) is 22.3 Å². The number of halogens is 4. The first-order chi connectivity index (χ1) is 8.90. The summed E-state index contributed by atoms with van der Waals surface area (Å²) >= 11 is 23.9. The molecule has 0 fully saturated rings. The first kappa shape index (κ1) is 14.4. The van der Waals surface area contributed by atoms with Crippen LogP contribution in [0, 0.1) is 0 Å². The van der Waals surface area contributed by atoms with Gasteiger partial charge in [-0.3, -0.25) is 0 Å². The Hall–Kier alpha value is -1.000. The van der Waals surface area contributed by atoms with Gasteiger partial charge in [-0.05, 0) is 18.2 Å². The summed E-state index contributed by atoms with van der Waals surface area (Å²) in [7, 11) is 0. The summed E-state index contributed by atoms with van der Waals surface area (Å²) < 4.78 is 0. The molecule has 1 aromatic carbocycles. The van der Waals surface area contributed by atoms with E-state index in [1.165, 1.54) is 18.2 Å². The number of hydrogen-bond acceptors (Lipinski definition) is 2. The maximum absolute atomic E-state index is 10.9. The Labute approximate surface area is 128 Å². The van der Waals surface area contributed by atoms with Crippen molar-refractivity contribution in [3.8, 4) is 11.1 Å². The van der Waals surface area contributed by atoms with Gasteiger partial charge in [0.25, 0.3) is 0 Å². The minimum absolute atomic E-state index is 0.0125. The topological polar surface area (TPSA) is 50.2 Å². The van der Waals surface area contributed by atoms with Gasteiger partial charge in [0.05, 0.1) is 15.6 Å². The van der Waals surface area contributed by atoms with E-state index < -0.39 is 5.97 Å². The lowest BCUT2D eigenvalue weighted by Crippen LogP contribution is -1.98. The van der Waals surface area contributed by atoms with Crippen molar-refractivity contribution >= 4 is 52.4 Å². The number of nitrogens with zero attached hydrogens (tertiary/aromatic N) is 1. The molecule has 0 atom stereocenters. The maximum Gasteiger partial charge on any atom is 0.337 e. The predicted molar refractivity (Wildman–Crippen MR) is 76.7 cm³/mol. The number of aromatic nitrogens is 1. The number of hydrogen-bond donors (Lipinski definition) is 1. The molecular weight excluding hydrogens is 332 g/mol. The van der Waals surface area contributed by atoms with Crippen molar-refractivity contribution in [1.29, 1.82) is 0 Å². The van der Waals surface area contributed by atoms with Crippen LogP contribution in [0.15, 0.2) is 24.4 Å². The second-order valence-corrected chi connectivity index (χ2v) is 5.22. The van der Waals surface area contributed by atoms with Crippen molar-refractivity contribution in [2.75, 3.05) is 0 Å². The highest BCUT2D eigenvalue weighted by Gasteiger charge is 2.16. The minimum Gasteiger partial charge on any atom is -0.478 e. The average molecular weight is 337 g/mol. The highest BCUT2D eigenvalue weighted by Crippen LogP contribution is 2.39. The number of rotatable bonds is 2. The molecule has 2 rings (SSSR count). The van der Waals surface area contributed by atoms with E-state index in [0.29, 0.717) is 16.1 Å². The van der Waals surface area contributed by atoms with E-state index in [1.807, 2.05) is 0 Å². The molecule has 2 aromatic rings. The van der Waals surface area contributed by atoms with Gasteiger partial charge < -0.3 is 5.11 Å². The molecular formula is C12H5Cl4NO2. The van der Waals surface area contributed by atoms with E-state index in [-0.39, 0.29) is 20.8 Å². The molecule has 1 heterocycles. The van der Waals surface area contributed by atoms with Crippen LogP contribution in [0.25, 0.3) is 11.1 Å². The predicted octanol–water partition coefficient (Wildman–Crippen LogP) is 5.06. The Morgan fingerprint density at radius 2 is 1.63 bits per heavy atom. The van der Waals surface area contributed by atoms with Crippen LogP contribution in [0.4, 0.5) is 0 Å². The molecule has 1 N–H and O–H groups in total. The summed E-state index contributed by atoms with van der Waals surface area (Å²) in [5.74, 6) is -1.12. The number of carboxylic acids is 1. The van der Waals surface area contributed by atoms with E-state index in [9.17, 15) is 4.79 Å². The number of aromatic carboxylic acids is 1. The van der Waals surface area contributed by atoms with Gasteiger partial charge in [0.2, 0.25) is 0 Å². The molecule has 0 aliphatic rings. The van der Waals surface area contributed by atoms with Crippen LogP contribution in [-0.4, -0.2) is 16.1 Å². The molecule has 7 heteroatoms. The molecule has 0 amide bonds. The molecule has 0 unspecified atom stereocenters. The van der Waals surface area contributed by atoms with Crippen LogP contribution >= 0.6 is 46.4 Å². The molecule has 0 aliphatic carbocycles.